The van der Waals surface area contributed by atoms with Crippen LogP contribution in [-0.2, 0) is 12.7 Å². The molecular weight excluding hydrogens is 443 g/mol. The molecule has 1 aliphatic carbocycles. The standard InChI is InChI=1S/C24H24F3N7/c25-24(26,27)17-7-4-6-16(12-17)13-29-21-20-22(34(15-30-20)19-9-2-1-3-10-19)33-23(32-21)31-18-8-5-11-28-14-18/h4-8,11-12,14-15,19H,1-3,9-10,13H2,(H2,29,31,32,33). The Kier molecular flexibility index (Phi) is 6.04. The summed E-state index contributed by atoms with van der Waals surface area (Å²) in [5.41, 5.74) is 1.83. The van der Waals surface area contributed by atoms with Gasteiger partial charge in [-0.05, 0) is 42.7 Å². The summed E-state index contributed by atoms with van der Waals surface area (Å²) in [5.74, 6) is 0.827. The van der Waals surface area contributed by atoms with E-state index in [-0.39, 0.29) is 6.54 Å². The van der Waals surface area contributed by atoms with Crippen molar-refractivity contribution in [2.75, 3.05) is 10.6 Å². The second kappa shape index (κ2) is 9.28. The molecule has 1 fully saturated rings. The number of rotatable bonds is 6. The molecular formula is C24H24F3N7. The molecule has 5 rings (SSSR count). The molecule has 1 aliphatic rings. The number of benzene rings is 1. The molecule has 1 saturated carbocycles. The molecule has 1 aromatic carbocycles. The van der Waals surface area contributed by atoms with E-state index in [4.69, 9.17) is 4.98 Å². The van der Waals surface area contributed by atoms with Crippen molar-refractivity contribution in [1.82, 2.24) is 24.5 Å². The third-order valence-corrected chi connectivity index (χ3v) is 6.02. The topological polar surface area (TPSA) is 80.6 Å². The van der Waals surface area contributed by atoms with E-state index < -0.39 is 11.7 Å². The van der Waals surface area contributed by atoms with Gasteiger partial charge in [-0.2, -0.15) is 23.1 Å². The lowest BCUT2D eigenvalue weighted by Crippen LogP contribution is -2.13. The summed E-state index contributed by atoms with van der Waals surface area (Å²) in [6.07, 6.45) is 6.43. The van der Waals surface area contributed by atoms with Crippen LogP contribution in [0.3, 0.4) is 0 Å². The normalized spacial score (nSPS) is 14.9. The Bertz CT molecular complexity index is 1260. The monoisotopic (exact) mass is 467 g/mol. The zero-order chi connectivity index (χ0) is 23.5. The molecule has 4 aromatic rings. The fourth-order valence-corrected chi connectivity index (χ4v) is 4.33. The van der Waals surface area contributed by atoms with Gasteiger partial charge in [-0.1, -0.05) is 31.4 Å². The molecule has 10 heteroatoms. The molecule has 0 amide bonds. The average Bonchev–Trinajstić information content (AvgIpc) is 3.27. The zero-order valence-electron chi connectivity index (χ0n) is 18.4. The highest BCUT2D eigenvalue weighted by molar-refractivity contribution is 5.84. The molecule has 176 valence electrons. The summed E-state index contributed by atoms with van der Waals surface area (Å²) in [7, 11) is 0. The van der Waals surface area contributed by atoms with Gasteiger partial charge in [-0.25, -0.2) is 4.98 Å². The number of fused-ring (bicyclic) bond motifs is 1. The third kappa shape index (κ3) is 4.80. The van der Waals surface area contributed by atoms with Crippen molar-refractivity contribution in [2.24, 2.45) is 0 Å². The number of alkyl halides is 3. The Morgan fingerprint density at radius 1 is 1.03 bits per heavy atom. The minimum absolute atomic E-state index is 0.165. The quantitative estimate of drug-likeness (QED) is 0.357. The van der Waals surface area contributed by atoms with Gasteiger partial charge in [0.05, 0.1) is 23.8 Å². The van der Waals surface area contributed by atoms with Crippen LogP contribution < -0.4 is 10.6 Å². The first-order valence-electron chi connectivity index (χ1n) is 11.3. The van der Waals surface area contributed by atoms with Crippen molar-refractivity contribution >= 4 is 28.6 Å². The number of imidazole rings is 1. The van der Waals surface area contributed by atoms with Crippen LogP contribution in [0.1, 0.15) is 49.3 Å². The summed E-state index contributed by atoms with van der Waals surface area (Å²) in [5, 5.41) is 6.34. The van der Waals surface area contributed by atoms with E-state index >= 15 is 0 Å². The molecule has 0 atom stereocenters. The van der Waals surface area contributed by atoms with E-state index in [9.17, 15) is 13.2 Å². The Morgan fingerprint density at radius 3 is 2.65 bits per heavy atom. The Hall–Kier alpha value is -3.69. The van der Waals surface area contributed by atoms with Crippen molar-refractivity contribution < 1.29 is 13.2 Å². The van der Waals surface area contributed by atoms with Crippen LogP contribution in [0.25, 0.3) is 11.2 Å². The number of aromatic nitrogens is 5. The van der Waals surface area contributed by atoms with E-state index in [1.54, 1.807) is 30.9 Å². The van der Waals surface area contributed by atoms with E-state index in [2.05, 4.69) is 30.2 Å². The van der Waals surface area contributed by atoms with Crippen LogP contribution in [0.15, 0.2) is 55.1 Å². The van der Waals surface area contributed by atoms with Crippen LogP contribution >= 0.6 is 0 Å². The number of hydrogen-bond acceptors (Lipinski definition) is 6. The fraction of sp³-hybridized carbons (Fsp3) is 0.333. The van der Waals surface area contributed by atoms with Crippen LogP contribution in [-0.4, -0.2) is 24.5 Å². The maximum absolute atomic E-state index is 13.1. The van der Waals surface area contributed by atoms with Gasteiger partial charge in [0, 0.05) is 18.8 Å². The predicted octanol–water partition coefficient (Wildman–Crippen LogP) is 6.10. The van der Waals surface area contributed by atoms with Gasteiger partial charge < -0.3 is 15.2 Å². The van der Waals surface area contributed by atoms with Gasteiger partial charge in [-0.15, -0.1) is 0 Å². The van der Waals surface area contributed by atoms with Gasteiger partial charge in [0.25, 0.3) is 0 Å². The molecule has 2 N–H and O–H groups in total. The number of anilines is 3. The zero-order valence-corrected chi connectivity index (χ0v) is 18.4. The van der Waals surface area contributed by atoms with Gasteiger partial charge in [0.1, 0.15) is 0 Å². The first-order valence-corrected chi connectivity index (χ1v) is 11.3. The lowest BCUT2D eigenvalue weighted by atomic mass is 9.95. The Balaban J connectivity index is 1.48. The molecule has 3 aromatic heterocycles. The lowest BCUT2D eigenvalue weighted by Gasteiger charge is -2.23. The minimum atomic E-state index is -4.39. The maximum Gasteiger partial charge on any atom is 0.416 e. The fourth-order valence-electron chi connectivity index (χ4n) is 4.33. The average molecular weight is 467 g/mol. The number of nitrogens with zero attached hydrogens (tertiary/aromatic N) is 5. The molecule has 0 aliphatic heterocycles. The van der Waals surface area contributed by atoms with Crippen molar-refractivity contribution in [3.8, 4) is 0 Å². The van der Waals surface area contributed by atoms with Crippen LogP contribution in [0.4, 0.5) is 30.6 Å². The summed E-state index contributed by atoms with van der Waals surface area (Å²) in [6.45, 7) is 0.165. The smallest absolute Gasteiger partial charge is 0.364 e. The van der Waals surface area contributed by atoms with E-state index in [0.29, 0.717) is 34.5 Å². The minimum Gasteiger partial charge on any atom is -0.364 e. The summed E-state index contributed by atoms with van der Waals surface area (Å²) in [6, 6.07) is 9.23. The predicted molar refractivity (Wildman–Crippen MR) is 124 cm³/mol. The highest BCUT2D eigenvalue weighted by Gasteiger charge is 2.30. The molecule has 0 unspecified atom stereocenters. The third-order valence-electron chi connectivity index (χ3n) is 6.02. The summed E-state index contributed by atoms with van der Waals surface area (Å²) >= 11 is 0. The van der Waals surface area contributed by atoms with Crippen molar-refractivity contribution in [2.45, 2.75) is 50.9 Å². The number of hydrogen-bond donors (Lipinski definition) is 2. The number of pyridine rings is 1. The molecule has 3 heterocycles. The first-order chi connectivity index (χ1) is 16.5. The lowest BCUT2D eigenvalue weighted by molar-refractivity contribution is -0.137. The molecule has 7 nitrogen and oxygen atoms in total. The van der Waals surface area contributed by atoms with Crippen LogP contribution in [0.5, 0.6) is 0 Å². The van der Waals surface area contributed by atoms with E-state index in [0.717, 1.165) is 43.5 Å². The van der Waals surface area contributed by atoms with Crippen molar-refractivity contribution in [3.63, 3.8) is 0 Å². The van der Waals surface area contributed by atoms with Crippen molar-refractivity contribution in [3.05, 3.63) is 66.2 Å². The van der Waals surface area contributed by atoms with Gasteiger partial charge in [0.15, 0.2) is 17.0 Å². The van der Waals surface area contributed by atoms with Crippen LogP contribution in [0, 0.1) is 0 Å². The maximum atomic E-state index is 13.1. The Labute approximate surface area is 194 Å². The second-order valence-corrected chi connectivity index (χ2v) is 8.43. The molecule has 0 bridgehead atoms. The highest BCUT2D eigenvalue weighted by Crippen LogP contribution is 2.33. The van der Waals surface area contributed by atoms with E-state index in [1.165, 1.54) is 12.5 Å². The first kappa shape index (κ1) is 22.1. The Morgan fingerprint density at radius 2 is 1.88 bits per heavy atom. The molecule has 0 saturated heterocycles. The number of halogens is 3. The summed E-state index contributed by atoms with van der Waals surface area (Å²) in [4.78, 5) is 18.0. The van der Waals surface area contributed by atoms with Gasteiger partial charge in [0.2, 0.25) is 5.95 Å². The number of nitrogens with one attached hydrogen (secondary N) is 2. The molecule has 34 heavy (non-hydrogen) atoms. The second-order valence-electron chi connectivity index (χ2n) is 8.43. The van der Waals surface area contributed by atoms with Gasteiger partial charge in [-0.3, -0.25) is 4.98 Å². The highest BCUT2D eigenvalue weighted by atomic mass is 19.4. The SMILES string of the molecule is FC(F)(F)c1cccc(CNc2nc(Nc3cccnc3)nc3c2ncn3C2CCCCC2)c1. The van der Waals surface area contributed by atoms with Crippen molar-refractivity contribution in [1.29, 1.82) is 0 Å². The van der Waals surface area contributed by atoms with Crippen LogP contribution in [0.2, 0.25) is 0 Å². The van der Waals surface area contributed by atoms with Gasteiger partial charge >= 0.3 is 6.18 Å². The summed E-state index contributed by atoms with van der Waals surface area (Å²) < 4.78 is 41.4. The molecule has 0 radical (unpaired) electrons. The van der Waals surface area contributed by atoms with E-state index in [1.807, 2.05) is 6.07 Å². The molecule has 0 spiro atoms. The largest absolute Gasteiger partial charge is 0.416 e.